The van der Waals surface area contributed by atoms with Gasteiger partial charge >= 0.3 is 0 Å². The van der Waals surface area contributed by atoms with Crippen LogP contribution in [0, 0.1) is 5.92 Å². The number of ether oxygens (including phenoxy) is 1. The van der Waals surface area contributed by atoms with E-state index in [2.05, 4.69) is 15.6 Å². The second-order valence-corrected chi connectivity index (χ2v) is 7.16. The van der Waals surface area contributed by atoms with E-state index in [4.69, 9.17) is 9.15 Å². The fraction of sp³-hybridized carbons (Fsp3) is 0.476. The van der Waals surface area contributed by atoms with Crippen LogP contribution in [0.15, 0.2) is 52.1 Å². The van der Waals surface area contributed by atoms with Gasteiger partial charge in [-0.3, -0.25) is 0 Å². The van der Waals surface area contributed by atoms with Gasteiger partial charge in [0.15, 0.2) is 5.96 Å². The van der Waals surface area contributed by atoms with Crippen molar-refractivity contribution < 1.29 is 14.3 Å². The molecule has 1 saturated carbocycles. The molecule has 0 spiro atoms. The molecule has 1 unspecified atom stereocenters. The molecule has 1 aromatic carbocycles. The molecule has 1 fully saturated rings. The number of guanidine groups is 1. The number of nitrogens with one attached hydrogen (secondary N) is 2. The molecule has 6 heteroatoms. The van der Waals surface area contributed by atoms with Gasteiger partial charge in [-0.05, 0) is 50.8 Å². The van der Waals surface area contributed by atoms with E-state index >= 15 is 0 Å². The second-order valence-electron chi connectivity index (χ2n) is 7.16. The van der Waals surface area contributed by atoms with Gasteiger partial charge in [-0.2, -0.15) is 0 Å². The smallest absolute Gasteiger partial charge is 0.191 e. The zero-order valence-corrected chi connectivity index (χ0v) is 16.1. The summed E-state index contributed by atoms with van der Waals surface area (Å²) < 4.78 is 11.3. The number of para-hydroxylation sites is 1. The number of furan rings is 1. The maximum Gasteiger partial charge on any atom is 0.191 e. The van der Waals surface area contributed by atoms with Crippen molar-refractivity contribution in [2.45, 2.75) is 38.8 Å². The van der Waals surface area contributed by atoms with Crippen molar-refractivity contribution in [2.75, 3.05) is 19.7 Å². The molecule has 6 nitrogen and oxygen atoms in total. The van der Waals surface area contributed by atoms with Crippen LogP contribution in [0.3, 0.4) is 0 Å². The first-order valence-corrected chi connectivity index (χ1v) is 9.57. The first-order chi connectivity index (χ1) is 13.1. The van der Waals surface area contributed by atoms with E-state index in [1.165, 1.54) is 12.8 Å². The Hall–Kier alpha value is -2.47. The summed E-state index contributed by atoms with van der Waals surface area (Å²) in [5.41, 5.74) is -0.0709. The van der Waals surface area contributed by atoms with Crippen molar-refractivity contribution in [3.63, 3.8) is 0 Å². The third kappa shape index (κ3) is 5.76. The number of nitrogens with zero attached hydrogens (tertiary/aromatic N) is 1. The van der Waals surface area contributed by atoms with Gasteiger partial charge < -0.3 is 24.9 Å². The summed E-state index contributed by atoms with van der Waals surface area (Å²) in [4.78, 5) is 4.64. The molecular formula is C21H29N3O3. The number of aliphatic hydroxyl groups is 1. The summed E-state index contributed by atoms with van der Waals surface area (Å²) in [6.45, 7) is 6.02. The highest BCUT2D eigenvalue weighted by Gasteiger charge is 2.26. The third-order valence-corrected chi connectivity index (χ3v) is 4.55. The minimum Gasteiger partial charge on any atom is -0.493 e. The predicted octanol–water partition coefficient (Wildman–Crippen LogP) is 3.03. The molecule has 0 aliphatic heterocycles. The standard InChI is InChI=1S/C21H29N3O3/c1-3-22-20(24-15-21(2,25)19-9-6-12-26-19)23-13-17-7-4-5-8-18(17)27-14-16-10-11-16/h4-9,12,16,25H,3,10-11,13-15H2,1-2H3,(H2,22,23,24). The maximum absolute atomic E-state index is 10.6. The Morgan fingerprint density at radius 3 is 2.78 bits per heavy atom. The predicted molar refractivity (Wildman–Crippen MR) is 106 cm³/mol. The molecule has 1 aliphatic rings. The molecule has 27 heavy (non-hydrogen) atoms. The summed E-state index contributed by atoms with van der Waals surface area (Å²) in [5.74, 6) is 2.77. The maximum atomic E-state index is 10.6. The van der Waals surface area contributed by atoms with Crippen LogP contribution in [0.2, 0.25) is 0 Å². The molecule has 0 saturated heterocycles. The molecule has 0 amide bonds. The molecule has 146 valence electrons. The van der Waals surface area contributed by atoms with Gasteiger partial charge in [0.25, 0.3) is 0 Å². The molecular weight excluding hydrogens is 342 g/mol. The van der Waals surface area contributed by atoms with E-state index in [9.17, 15) is 5.11 Å². The van der Waals surface area contributed by atoms with Crippen LogP contribution in [0.4, 0.5) is 0 Å². The number of hydrogen-bond acceptors (Lipinski definition) is 4. The minimum absolute atomic E-state index is 0.284. The van der Waals surface area contributed by atoms with Crippen molar-refractivity contribution in [2.24, 2.45) is 10.9 Å². The van der Waals surface area contributed by atoms with E-state index in [1.54, 1.807) is 25.3 Å². The molecule has 0 bridgehead atoms. The van der Waals surface area contributed by atoms with Crippen molar-refractivity contribution >= 4 is 5.96 Å². The Labute approximate surface area is 160 Å². The monoisotopic (exact) mass is 371 g/mol. The summed E-state index contributed by atoms with van der Waals surface area (Å²) in [7, 11) is 0. The van der Waals surface area contributed by atoms with Crippen LogP contribution in [0.5, 0.6) is 5.75 Å². The van der Waals surface area contributed by atoms with Crippen LogP contribution < -0.4 is 15.4 Å². The Balaban J connectivity index is 1.61. The van der Waals surface area contributed by atoms with Crippen molar-refractivity contribution in [1.29, 1.82) is 0 Å². The van der Waals surface area contributed by atoms with E-state index in [0.717, 1.165) is 24.5 Å². The van der Waals surface area contributed by atoms with Crippen LogP contribution in [-0.4, -0.2) is 30.8 Å². The highest BCUT2D eigenvalue weighted by Crippen LogP contribution is 2.30. The number of rotatable bonds is 9. The van der Waals surface area contributed by atoms with Crippen LogP contribution in [0.1, 0.15) is 38.0 Å². The molecule has 0 radical (unpaired) electrons. The van der Waals surface area contributed by atoms with E-state index in [-0.39, 0.29) is 6.54 Å². The molecule has 2 aromatic rings. The molecule has 1 aromatic heterocycles. The second kappa shape index (κ2) is 8.95. The Morgan fingerprint density at radius 1 is 1.26 bits per heavy atom. The Kier molecular flexibility index (Phi) is 6.40. The fourth-order valence-corrected chi connectivity index (χ4v) is 2.70. The van der Waals surface area contributed by atoms with Crippen molar-refractivity contribution in [3.05, 3.63) is 54.0 Å². The minimum atomic E-state index is -1.12. The SMILES string of the molecule is CCNC(=NCc1ccccc1OCC1CC1)NCC(C)(O)c1ccco1. The lowest BCUT2D eigenvalue weighted by atomic mass is 10.0. The first-order valence-electron chi connectivity index (χ1n) is 9.57. The topological polar surface area (TPSA) is 79.0 Å². The highest BCUT2D eigenvalue weighted by molar-refractivity contribution is 5.79. The lowest BCUT2D eigenvalue weighted by Crippen LogP contribution is -2.44. The van der Waals surface area contributed by atoms with E-state index in [1.807, 2.05) is 31.2 Å². The van der Waals surface area contributed by atoms with Crippen LogP contribution in [0.25, 0.3) is 0 Å². The lowest BCUT2D eigenvalue weighted by Gasteiger charge is -2.22. The van der Waals surface area contributed by atoms with Gasteiger partial charge in [0.2, 0.25) is 0 Å². The highest BCUT2D eigenvalue weighted by atomic mass is 16.5. The van der Waals surface area contributed by atoms with Gasteiger partial charge in [0.1, 0.15) is 17.1 Å². The van der Waals surface area contributed by atoms with Gasteiger partial charge in [-0.25, -0.2) is 4.99 Å². The van der Waals surface area contributed by atoms with Gasteiger partial charge in [-0.15, -0.1) is 0 Å². The molecule has 1 atom stereocenters. The average molecular weight is 371 g/mol. The zero-order chi connectivity index (χ0) is 19.1. The molecule has 1 aliphatic carbocycles. The summed E-state index contributed by atoms with van der Waals surface area (Å²) >= 11 is 0. The summed E-state index contributed by atoms with van der Waals surface area (Å²) in [6.07, 6.45) is 4.09. The summed E-state index contributed by atoms with van der Waals surface area (Å²) in [5, 5.41) is 17.0. The summed E-state index contributed by atoms with van der Waals surface area (Å²) in [6, 6.07) is 11.5. The van der Waals surface area contributed by atoms with E-state index in [0.29, 0.717) is 24.2 Å². The van der Waals surface area contributed by atoms with Crippen molar-refractivity contribution in [3.8, 4) is 5.75 Å². The zero-order valence-electron chi connectivity index (χ0n) is 16.1. The molecule has 1 heterocycles. The average Bonchev–Trinajstić information content (AvgIpc) is 3.32. The van der Waals surface area contributed by atoms with Crippen LogP contribution in [-0.2, 0) is 12.1 Å². The normalized spacial score (nSPS) is 16.6. The third-order valence-electron chi connectivity index (χ3n) is 4.55. The fourth-order valence-electron chi connectivity index (χ4n) is 2.70. The van der Waals surface area contributed by atoms with Gasteiger partial charge in [0, 0.05) is 12.1 Å². The number of aliphatic imine (C=N–C) groups is 1. The molecule has 3 N–H and O–H groups in total. The lowest BCUT2D eigenvalue weighted by molar-refractivity contribution is 0.0386. The van der Waals surface area contributed by atoms with Crippen LogP contribution >= 0.6 is 0 Å². The van der Waals surface area contributed by atoms with Gasteiger partial charge in [-0.1, -0.05) is 18.2 Å². The number of benzene rings is 1. The van der Waals surface area contributed by atoms with E-state index < -0.39 is 5.60 Å². The number of hydrogen-bond donors (Lipinski definition) is 3. The quantitative estimate of drug-likeness (QED) is 0.466. The van der Waals surface area contributed by atoms with Crippen molar-refractivity contribution in [1.82, 2.24) is 10.6 Å². The first kappa shape index (κ1) is 19.3. The Morgan fingerprint density at radius 2 is 2.07 bits per heavy atom. The largest absolute Gasteiger partial charge is 0.493 e. The van der Waals surface area contributed by atoms with Gasteiger partial charge in [0.05, 0.1) is 26.0 Å². The Bertz CT molecular complexity index is 737. The molecule has 3 rings (SSSR count).